The highest BCUT2D eigenvalue weighted by Gasteiger charge is 2.04. The van der Waals surface area contributed by atoms with Crippen molar-refractivity contribution in [1.82, 2.24) is 14.5 Å². The number of hydrogen-bond donors (Lipinski definition) is 0. The van der Waals surface area contributed by atoms with E-state index in [1.54, 1.807) is 12.3 Å². The van der Waals surface area contributed by atoms with E-state index in [0.717, 1.165) is 10.7 Å². The maximum absolute atomic E-state index is 11.4. The van der Waals surface area contributed by atoms with Gasteiger partial charge in [0.1, 0.15) is 6.29 Å². The minimum Gasteiger partial charge on any atom is -0.301 e. The second-order valence-electron chi connectivity index (χ2n) is 2.87. The highest BCUT2D eigenvalue weighted by Crippen LogP contribution is 2.13. The summed E-state index contributed by atoms with van der Waals surface area (Å²) in [5.74, 6) is 0. The molecule has 0 bridgehead atoms. The Hall–Kier alpha value is -1.56. The van der Waals surface area contributed by atoms with E-state index in [2.05, 4.69) is 25.9 Å². The Bertz CT molecular complexity index is 579. The molecule has 2 rings (SSSR count). The van der Waals surface area contributed by atoms with Gasteiger partial charge in [-0.05, 0) is 22.0 Å². The Morgan fingerprint density at radius 1 is 1.40 bits per heavy atom. The molecule has 0 aliphatic carbocycles. The average molecular weight is 268 g/mol. The summed E-state index contributed by atoms with van der Waals surface area (Å²) in [6.07, 6.45) is 3.42. The van der Waals surface area contributed by atoms with Gasteiger partial charge in [0.25, 0.3) is 5.56 Å². The van der Waals surface area contributed by atoms with Crippen LogP contribution >= 0.6 is 15.9 Å². The van der Waals surface area contributed by atoms with Gasteiger partial charge >= 0.3 is 0 Å². The molecule has 0 aromatic carbocycles. The van der Waals surface area contributed by atoms with Crippen LogP contribution in [0.25, 0.3) is 11.2 Å². The van der Waals surface area contributed by atoms with Crippen LogP contribution in [-0.2, 0) is 11.3 Å². The van der Waals surface area contributed by atoms with Gasteiger partial charge in [-0.2, -0.15) is 0 Å². The summed E-state index contributed by atoms with van der Waals surface area (Å²) in [6, 6.07) is 1.71. The number of rotatable bonds is 2. The van der Waals surface area contributed by atoms with Gasteiger partial charge in [-0.15, -0.1) is 0 Å². The van der Waals surface area contributed by atoms with Crippen molar-refractivity contribution in [2.45, 2.75) is 6.54 Å². The van der Waals surface area contributed by atoms with Crippen LogP contribution < -0.4 is 5.56 Å². The summed E-state index contributed by atoms with van der Waals surface area (Å²) in [5.41, 5.74) is 0.679. The van der Waals surface area contributed by atoms with Crippen LogP contribution in [0.4, 0.5) is 0 Å². The van der Waals surface area contributed by atoms with E-state index in [1.165, 1.54) is 4.57 Å². The van der Waals surface area contributed by atoms with Crippen LogP contribution in [0.15, 0.2) is 27.7 Å². The van der Waals surface area contributed by atoms with E-state index in [1.807, 2.05) is 0 Å². The summed E-state index contributed by atoms with van der Waals surface area (Å²) in [6.45, 7) is 0.00991. The second kappa shape index (κ2) is 3.90. The van der Waals surface area contributed by atoms with E-state index >= 15 is 0 Å². The highest BCUT2D eigenvalue weighted by atomic mass is 79.9. The lowest BCUT2D eigenvalue weighted by Gasteiger charge is -2.04. The molecule has 15 heavy (non-hydrogen) atoms. The molecule has 5 nitrogen and oxygen atoms in total. The average Bonchev–Trinajstić information content (AvgIpc) is 2.23. The van der Waals surface area contributed by atoms with Gasteiger partial charge in [0.2, 0.25) is 0 Å². The van der Waals surface area contributed by atoms with Crippen molar-refractivity contribution in [3.63, 3.8) is 0 Å². The van der Waals surface area contributed by atoms with Gasteiger partial charge in [0, 0.05) is 10.7 Å². The Labute approximate surface area is 92.9 Å². The zero-order valence-corrected chi connectivity index (χ0v) is 9.14. The number of aromatic nitrogens is 3. The smallest absolute Gasteiger partial charge is 0.270 e. The summed E-state index contributed by atoms with van der Waals surface area (Å²) >= 11 is 3.25. The quantitative estimate of drug-likeness (QED) is 0.754. The molecule has 2 aromatic rings. The van der Waals surface area contributed by atoms with E-state index < -0.39 is 0 Å². The third-order valence-electron chi connectivity index (χ3n) is 1.93. The maximum atomic E-state index is 11.4. The maximum Gasteiger partial charge on any atom is 0.270 e. The van der Waals surface area contributed by atoms with Crippen molar-refractivity contribution in [2.75, 3.05) is 0 Å². The van der Waals surface area contributed by atoms with Crippen LogP contribution in [0.1, 0.15) is 0 Å². The van der Waals surface area contributed by atoms with Gasteiger partial charge in [0.05, 0.1) is 18.3 Å². The number of carbonyl (C=O) groups is 1. The molecule has 0 aliphatic heterocycles. The molecule has 6 heteroatoms. The monoisotopic (exact) mass is 267 g/mol. The number of halogens is 1. The van der Waals surface area contributed by atoms with Crippen molar-refractivity contribution >= 4 is 33.4 Å². The Kier molecular flexibility index (Phi) is 2.59. The van der Waals surface area contributed by atoms with Gasteiger partial charge in [-0.1, -0.05) is 0 Å². The normalized spacial score (nSPS) is 10.5. The zero-order chi connectivity index (χ0) is 10.8. The lowest BCUT2D eigenvalue weighted by Crippen LogP contribution is -2.21. The van der Waals surface area contributed by atoms with Gasteiger partial charge in [0.15, 0.2) is 5.65 Å². The molecule has 0 N–H and O–H groups in total. The largest absolute Gasteiger partial charge is 0.301 e. The first kappa shape index (κ1) is 9.97. The molecule has 2 heterocycles. The van der Waals surface area contributed by atoms with Crippen LogP contribution in [0.3, 0.4) is 0 Å². The van der Waals surface area contributed by atoms with E-state index in [9.17, 15) is 9.59 Å². The first-order chi connectivity index (χ1) is 7.22. The van der Waals surface area contributed by atoms with E-state index in [-0.39, 0.29) is 12.1 Å². The van der Waals surface area contributed by atoms with Crippen molar-refractivity contribution < 1.29 is 4.79 Å². The molecule has 0 aliphatic rings. The van der Waals surface area contributed by atoms with Crippen molar-refractivity contribution in [2.24, 2.45) is 0 Å². The third kappa shape index (κ3) is 1.80. The molecule has 0 spiro atoms. The van der Waals surface area contributed by atoms with Crippen LogP contribution in [-0.4, -0.2) is 20.8 Å². The van der Waals surface area contributed by atoms with Crippen molar-refractivity contribution in [3.05, 3.63) is 33.3 Å². The predicted molar refractivity (Wildman–Crippen MR) is 57.6 cm³/mol. The molecular formula is C9H6BrN3O2. The fourth-order valence-corrected chi connectivity index (χ4v) is 1.61. The first-order valence-electron chi connectivity index (χ1n) is 4.17. The molecule has 0 amide bonds. The molecule has 0 saturated heterocycles. The van der Waals surface area contributed by atoms with Crippen LogP contribution in [0.5, 0.6) is 0 Å². The Morgan fingerprint density at radius 3 is 2.87 bits per heavy atom. The molecule has 2 aromatic heterocycles. The lowest BCUT2D eigenvalue weighted by atomic mass is 10.4. The third-order valence-corrected chi connectivity index (χ3v) is 2.36. The molecule has 0 atom stereocenters. The fourth-order valence-electron chi connectivity index (χ4n) is 1.29. The van der Waals surface area contributed by atoms with Crippen LogP contribution in [0.2, 0.25) is 0 Å². The minimum absolute atomic E-state index is 0.00991. The van der Waals surface area contributed by atoms with Gasteiger partial charge in [-0.3, -0.25) is 9.36 Å². The molecule has 0 radical (unpaired) electrons. The van der Waals surface area contributed by atoms with Crippen LogP contribution in [0, 0.1) is 0 Å². The van der Waals surface area contributed by atoms with E-state index in [4.69, 9.17) is 0 Å². The number of fused-ring (bicyclic) bond motifs is 1. The Morgan fingerprint density at radius 2 is 2.13 bits per heavy atom. The summed E-state index contributed by atoms with van der Waals surface area (Å²) in [4.78, 5) is 29.8. The van der Waals surface area contributed by atoms with Gasteiger partial charge in [-0.25, -0.2) is 9.97 Å². The molecule has 76 valence electrons. The SMILES string of the molecule is O=CCn1c(=O)cnc2ncc(Br)cc21. The topological polar surface area (TPSA) is 64.8 Å². The standard InChI is InChI=1S/C9H6BrN3O2/c10-6-3-7-9(11-4-6)12-5-8(15)13(7)1-2-14/h2-5H,1H2. The molecule has 0 saturated carbocycles. The Balaban J connectivity index is 2.84. The van der Waals surface area contributed by atoms with Gasteiger partial charge < -0.3 is 4.79 Å². The summed E-state index contributed by atoms with van der Waals surface area (Å²) in [7, 11) is 0. The van der Waals surface area contributed by atoms with E-state index in [0.29, 0.717) is 17.5 Å². The predicted octanol–water partition coefficient (Wildman–Crippen LogP) is 0.753. The molecular weight excluding hydrogens is 262 g/mol. The molecule has 0 unspecified atom stereocenters. The lowest BCUT2D eigenvalue weighted by molar-refractivity contribution is -0.108. The number of aldehydes is 1. The number of pyridine rings is 1. The second-order valence-corrected chi connectivity index (χ2v) is 3.79. The number of nitrogens with zero attached hydrogens (tertiary/aromatic N) is 3. The summed E-state index contributed by atoms with van der Waals surface area (Å²) in [5, 5.41) is 0. The molecule has 0 fully saturated rings. The zero-order valence-electron chi connectivity index (χ0n) is 7.55. The summed E-state index contributed by atoms with van der Waals surface area (Å²) < 4.78 is 2.06. The van der Waals surface area contributed by atoms with Crippen molar-refractivity contribution in [1.29, 1.82) is 0 Å². The fraction of sp³-hybridized carbons (Fsp3) is 0.111. The highest BCUT2D eigenvalue weighted by molar-refractivity contribution is 9.10. The number of hydrogen-bond acceptors (Lipinski definition) is 4. The number of carbonyl (C=O) groups excluding carboxylic acids is 1. The minimum atomic E-state index is -0.311. The first-order valence-corrected chi connectivity index (χ1v) is 4.96. The van der Waals surface area contributed by atoms with Crippen molar-refractivity contribution in [3.8, 4) is 0 Å².